The van der Waals surface area contributed by atoms with Crippen LogP contribution in [0.3, 0.4) is 0 Å². The lowest BCUT2D eigenvalue weighted by atomic mass is 9.76. The first-order valence-corrected chi connectivity index (χ1v) is 7.77. The molecule has 1 N–H and O–H groups in total. The Morgan fingerprint density at radius 3 is 2.85 bits per heavy atom. The molecule has 2 nitrogen and oxygen atoms in total. The Labute approximate surface area is 126 Å². The summed E-state index contributed by atoms with van der Waals surface area (Å²) >= 11 is 6.38. The molecule has 2 aliphatic carbocycles. The van der Waals surface area contributed by atoms with E-state index in [2.05, 4.69) is 25.1 Å². The van der Waals surface area contributed by atoms with Gasteiger partial charge in [-0.2, -0.15) is 0 Å². The highest BCUT2D eigenvalue weighted by atomic mass is 35.5. The third-order valence-electron chi connectivity index (χ3n) is 4.72. The normalized spacial score (nSPS) is 28.8. The van der Waals surface area contributed by atoms with E-state index in [-0.39, 0.29) is 0 Å². The number of fused-ring (bicyclic) bond motifs is 2. The van der Waals surface area contributed by atoms with Crippen LogP contribution in [0.15, 0.2) is 24.3 Å². The molecular weight excluding hydrogens is 270 g/mol. The fourth-order valence-corrected chi connectivity index (χ4v) is 4.09. The highest BCUT2D eigenvalue weighted by Gasteiger charge is 2.37. The van der Waals surface area contributed by atoms with Crippen molar-refractivity contribution in [3.05, 3.63) is 34.9 Å². The molecule has 1 fully saturated rings. The van der Waals surface area contributed by atoms with E-state index in [0.717, 1.165) is 23.0 Å². The summed E-state index contributed by atoms with van der Waals surface area (Å²) in [5, 5.41) is 10.5. The fourth-order valence-electron chi connectivity index (χ4n) is 3.87. The SMILES string of the molecule is CN(C)C[C@@H]1C(c2cc(O)ccc2Cl)=C[C@H]2CC[C@@H]1C2. The number of allylic oxidation sites excluding steroid dienone is 1. The molecule has 1 aromatic rings. The summed E-state index contributed by atoms with van der Waals surface area (Å²) in [6.45, 7) is 1.05. The molecule has 1 saturated carbocycles. The van der Waals surface area contributed by atoms with Gasteiger partial charge in [0.1, 0.15) is 5.75 Å². The van der Waals surface area contributed by atoms with E-state index in [9.17, 15) is 5.11 Å². The monoisotopic (exact) mass is 291 g/mol. The zero-order valence-corrected chi connectivity index (χ0v) is 12.9. The molecule has 3 heteroatoms. The largest absolute Gasteiger partial charge is 0.508 e. The average molecular weight is 292 g/mol. The van der Waals surface area contributed by atoms with Gasteiger partial charge >= 0.3 is 0 Å². The maximum absolute atomic E-state index is 9.79. The van der Waals surface area contributed by atoms with Gasteiger partial charge < -0.3 is 10.0 Å². The second-order valence-electron chi connectivity index (χ2n) is 6.49. The third-order valence-corrected chi connectivity index (χ3v) is 5.05. The van der Waals surface area contributed by atoms with Crippen molar-refractivity contribution in [3.8, 4) is 5.75 Å². The number of hydrogen-bond donors (Lipinski definition) is 1. The minimum atomic E-state index is 0.298. The number of hydrogen-bond acceptors (Lipinski definition) is 2. The summed E-state index contributed by atoms with van der Waals surface area (Å²) in [7, 11) is 4.26. The number of benzene rings is 1. The van der Waals surface area contributed by atoms with Crippen LogP contribution in [-0.2, 0) is 0 Å². The van der Waals surface area contributed by atoms with E-state index < -0.39 is 0 Å². The molecule has 20 heavy (non-hydrogen) atoms. The van der Waals surface area contributed by atoms with Crippen LogP contribution in [0, 0.1) is 17.8 Å². The Hall–Kier alpha value is -0.990. The van der Waals surface area contributed by atoms with Gasteiger partial charge in [0.05, 0.1) is 0 Å². The summed E-state index contributed by atoms with van der Waals surface area (Å²) in [6, 6.07) is 5.28. The van der Waals surface area contributed by atoms with E-state index in [4.69, 9.17) is 11.6 Å². The van der Waals surface area contributed by atoms with Gasteiger partial charge in [0.15, 0.2) is 0 Å². The predicted molar refractivity (Wildman–Crippen MR) is 84.0 cm³/mol. The zero-order valence-electron chi connectivity index (χ0n) is 12.1. The van der Waals surface area contributed by atoms with Crippen molar-refractivity contribution in [1.29, 1.82) is 0 Å². The van der Waals surface area contributed by atoms with Crippen molar-refractivity contribution in [3.63, 3.8) is 0 Å². The highest BCUT2D eigenvalue weighted by molar-refractivity contribution is 6.32. The van der Waals surface area contributed by atoms with Gasteiger partial charge in [0.25, 0.3) is 0 Å². The molecule has 0 spiro atoms. The van der Waals surface area contributed by atoms with Crippen LogP contribution in [0.25, 0.3) is 5.57 Å². The Balaban J connectivity index is 2.02. The van der Waals surface area contributed by atoms with Gasteiger partial charge in [-0.05, 0) is 80.4 Å². The molecule has 108 valence electrons. The van der Waals surface area contributed by atoms with Crippen molar-refractivity contribution in [1.82, 2.24) is 4.90 Å². The summed E-state index contributed by atoms with van der Waals surface area (Å²) in [5.41, 5.74) is 2.37. The molecule has 2 aliphatic rings. The van der Waals surface area contributed by atoms with E-state index in [1.54, 1.807) is 12.1 Å². The van der Waals surface area contributed by atoms with E-state index >= 15 is 0 Å². The number of halogens is 1. The summed E-state index contributed by atoms with van der Waals surface area (Å²) in [6.07, 6.45) is 6.35. The zero-order chi connectivity index (χ0) is 14.3. The third kappa shape index (κ3) is 2.59. The van der Waals surface area contributed by atoms with Crippen LogP contribution < -0.4 is 0 Å². The molecule has 0 aliphatic heterocycles. The van der Waals surface area contributed by atoms with Crippen LogP contribution in [0.5, 0.6) is 5.75 Å². The van der Waals surface area contributed by atoms with Gasteiger partial charge in [-0.3, -0.25) is 0 Å². The topological polar surface area (TPSA) is 23.5 Å². The van der Waals surface area contributed by atoms with Crippen LogP contribution in [0.2, 0.25) is 5.02 Å². The van der Waals surface area contributed by atoms with Crippen LogP contribution >= 0.6 is 11.6 Å². The van der Waals surface area contributed by atoms with Crippen molar-refractivity contribution in [2.24, 2.45) is 17.8 Å². The Morgan fingerprint density at radius 1 is 1.30 bits per heavy atom. The first-order chi connectivity index (χ1) is 9.54. The molecule has 0 unspecified atom stereocenters. The lowest BCUT2D eigenvalue weighted by Crippen LogP contribution is -2.29. The minimum Gasteiger partial charge on any atom is -0.508 e. The molecule has 3 atom stereocenters. The van der Waals surface area contributed by atoms with Crippen LogP contribution in [0.1, 0.15) is 24.8 Å². The second kappa shape index (κ2) is 5.42. The first-order valence-electron chi connectivity index (χ1n) is 7.40. The minimum absolute atomic E-state index is 0.298. The lowest BCUT2D eigenvalue weighted by Gasteiger charge is -2.33. The maximum Gasteiger partial charge on any atom is 0.116 e. The molecule has 0 saturated heterocycles. The van der Waals surface area contributed by atoms with Crippen LogP contribution in [0.4, 0.5) is 0 Å². The number of rotatable bonds is 3. The Bertz CT molecular complexity index is 538. The first kappa shape index (κ1) is 14.0. The maximum atomic E-state index is 9.79. The number of phenolic OH excluding ortho intramolecular Hbond substituents is 1. The molecule has 0 heterocycles. The second-order valence-corrected chi connectivity index (χ2v) is 6.90. The molecule has 0 radical (unpaired) electrons. The number of nitrogens with zero attached hydrogens (tertiary/aromatic N) is 1. The van der Waals surface area contributed by atoms with Crippen molar-refractivity contribution >= 4 is 17.2 Å². The van der Waals surface area contributed by atoms with E-state index in [1.165, 1.54) is 24.8 Å². The number of aromatic hydroxyl groups is 1. The van der Waals surface area contributed by atoms with Gasteiger partial charge in [0.2, 0.25) is 0 Å². The summed E-state index contributed by atoms with van der Waals surface area (Å²) < 4.78 is 0. The fraction of sp³-hybridized carbons (Fsp3) is 0.529. The molecule has 0 aromatic heterocycles. The van der Waals surface area contributed by atoms with Crippen molar-refractivity contribution in [2.75, 3.05) is 20.6 Å². The highest BCUT2D eigenvalue weighted by Crippen LogP contribution is 2.49. The van der Waals surface area contributed by atoms with Gasteiger partial charge in [-0.25, -0.2) is 0 Å². The predicted octanol–water partition coefficient (Wildman–Crippen LogP) is 4.04. The van der Waals surface area contributed by atoms with Gasteiger partial charge in [-0.1, -0.05) is 17.7 Å². The van der Waals surface area contributed by atoms with E-state index in [1.807, 2.05) is 6.07 Å². The molecule has 1 aromatic carbocycles. The summed E-state index contributed by atoms with van der Waals surface area (Å²) in [5.74, 6) is 2.29. The van der Waals surface area contributed by atoms with Crippen molar-refractivity contribution in [2.45, 2.75) is 19.3 Å². The quantitative estimate of drug-likeness (QED) is 0.908. The molecular formula is C17H22ClNO. The van der Waals surface area contributed by atoms with Gasteiger partial charge in [-0.15, -0.1) is 0 Å². The molecule has 0 amide bonds. The molecule has 2 bridgehead atoms. The lowest BCUT2D eigenvalue weighted by molar-refractivity contribution is 0.289. The molecule has 3 rings (SSSR count). The average Bonchev–Trinajstić information content (AvgIpc) is 2.79. The smallest absolute Gasteiger partial charge is 0.116 e. The van der Waals surface area contributed by atoms with Crippen molar-refractivity contribution < 1.29 is 5.11 Å². The Kier molecular flexibility index (Phi) is 3.78. The van der Waals surface area contributed by atoms with Crippen LogP contribution in [-0.4, -0.2) is 30.6 Å². The Morgan fingerprint density at radius 2 is 2.10 bits per heavy atom. The summed E-state index contributed by atoms with van der Waals surface area (Å²) in [4.78, 5) is 2.26. The standard InChI is InChI=1S/C17H22ClNO/c1-19(2)10-16-12-4-3-11(7-12)8-14(16)15-9-13(20)5-6-17(15)18/h5-6,8-9,11-12,16,20H,3-4,7,10H2,1-2H3/t11-,12+,16-/m0/s1. The van der Waals surface area contributed by atoms with E-state index in [0.29, 0.717) is 17.6 Å². The van der Waals surface area contributed by atoms with Gasteiger partial charge in [0, 0.05) is 11.6 Å². The number of phenols is 1.